The second-order valence-corrected chi connectivity index (χ2v) is 8.66. The number of aromatic nitrogens is 3. The van der Waals surface area contributed by atoms with Gasteiger partial charge in [0.15, 0.2) is 6.61 Å². The number of rotatable bonds is 5. The summed E-state index contributed by atoms with van der Waals surface area (Å²) in [6, 6.07) is 9.96. The largest absolute Gasteiger partial charge is 0.573 e. The van der Waals surface area contributed by atoms with E-state index in [9.17, 15) is 28.0 Å². The van der Waals surface area contributed by atoms with Crippen molar-refractivity contribution in [2.24, 2.45) is 11.8 Å². The van der Waals surface area contributed by atoms with Crippen LogP contribution in [0.5, 0.6) is 11.5 Å². The molecule has 5 rings (SSSR count). The van der Waals surface area contributed by atoms with Gasteiger partial charge in [-0.05, 0) is 30.3 Å². The van der Waals surface area contributed by atoms with Gasteiger partial charge in [0.2, 0.25) is 0 Å². The number of nitrogens with one attached hydrogen (secondary N) is 1. The normalized spacial score (nSPS) is 19.3. The van der Waals surface area contributed by atoms with Crippen LogP contribution in [-0.4, -0.2) is 76.2 Å². The molecule has 2 saturated heterocycles. The molecule has 0 bridgehead atoms. The van der Waals surface area contributed by atoms with E-state index in [1.54, 1.807) is 34.1 Å². The summed E-state index contributed by atoms with van der Waals surface area (Å²) < 4.78 is 46.4. The molecule has 2 fully saturated rings. The first kappa shape index (κ1) is 23.4. The lowest BCUT2D eigenvalue weighted by atomic mass is 10.0. The minimum absolute atomic E-state index is 0.0133. The van der Waals surface area contributed by atoms with Crippen molar-refractivity contribution in [3.05, 3.63) is 47.5 Å². The smallest absolute Gasteiger partial charge is 0.482 e. The van der Waals surface area contributed by atoms with E-state index in [4.69, 9.17) is 4.74 Å². The Morgan fingerprint density at radius 2 is 1.72 bits per heavy atom. The quantitative estimate of drug-likeness (QED) is 0.570. The number of hydrogen-bond donors (Lipinski definition) is 1. The lowest BCUT2D eigenvalue weighted by Gasteiger charge is -2.22. The number of nitrogens with zero attached hydrogens (tertiary/aromatic N) is 5. The number of H-pyrrole nitrogens is 1. The summed E-state index contributed by atoms with van der Waals surface area (Å²) in [6.45, 7) is 1.59. The molecule has 0 radical (unpaired) electrons. The van der Waals surface area contributed by atoms with Crippen LogP contribution in [0.25, 0.3) is 11.0 Å². The maximum Gasteiger partial charge on any atom is 0.573 e. The van der Waals surface area contributed by atoms with Crippen LogP contribution in [-0.2, 0) is 4.79 Å². The van der Waals surface area contributed by atoms with Gasteiger partial charge in [-0.25, -0.2) is 0 Å². The number of aromatic amines is 1. The Bertz CT molecular complexity index is 1350. The van der Waals surface area contributed by atoms with Gasteiger partial charge in [0.1, 0.15) is 28.6 Å². The molecule has 186 valence electrons. The minimum Gasteiger partial charge on any atom is -0.482 e. The van der Waals surface area contributed by atoms with E-state index in [1.807, 2.05) is 0 Å². The molecule has 0 unspecified atom stereocenters. The van der Waals surface area contributed by atoms with Crippen molar-refractivity contribution in [2.75, 3.05) is 32.8 Å². The molecule has 2 aliphatic rings. The van der Waals surface area contributed by atoms with E-state index >= 15 is 0 Å². The Hall–Kier alpha value is -4.34. The van der Waals surface area contributed by atoms with Crippen molar-refractivity contribution >= 4 is 22.8 Å². The van der Waals surface area contributed by atoms with E-state index in [0.717, 1.165) is 18.2 Å². The zero-order chi connectivity index (χ0) is 25.4. The molecule has 1 N–H and O–H groups in total. The van der Waals surface area contributed by atoms with Gasteiger partial charge in [0.05, 0.1) is 5.56 Å². The van der Waals surface area contributed by atoms with Crippen molar-refractivity contribution in [3.8, 4) is 17.6 Å². The number of amides is 2. The van der Waals surface area contributed by atoms with E-state index in [1.165, 1.54) is 0 Å². The molecule has 2 atom stereocenters. The van der Waals surface area contributed by atoms with Crippen molar-refractivity contribution in [1.82, 2.24) is 25.2 Å². The summed E-state index contributed by atoms with van der Waals surface area (Å²) in [7, 11) is 0. The highest BCUT2D eigenvalue weighted by Crippen LogP contribution is 2.33. The van der Waals surface area contributed by atoms with Crippen molar-refractivity contribution in [2.45, 2.75) is 6.36 Å². The van der Waals surface area contributed by atoms with Gasteiger partial charge >= 0.3 is 6.36 Å². The second-order valence-electron chi connectivity index (χ2n) is 8.66. The fourth-order valence-corrected chi connectivity index (χ4v) is 4.67. The predicted molar refractivity (Wildman–Crippen MR) is 117 cm³/mol. The zero-order valence-corrected chi connectivity index (χ0v) is 18.7. The number of likely N-dealkylation sites (tertiary alicyclic amines) is 2. The molecule has 3 heterocycles. The van der Waals surface area contributed by atoms with Crippen LogP contribution in [0.1, 0.15) is 15.9 Å². The highest BCUT2D eigenvalue weighted by atomic mass is 19.4. The average Bonchev–Trinajstić information content (AvgIpc) is 3.55. The van der Waals surface area contributed by atoms with Gasteiger partial charge < -0.3 is 19.3 Å². The Morgan fingerprint density at radius 1 is 1.03 bits per heavy atom. The maximum absolute atomic E-state index is 12.9. The third-order valence-electron chi connectivity index (χ3n) is 6.35. The van der Waals surface area contributed by atoms with Gasteiger partial charge in [-0.3, -0.25) is 9.59 Å². The highest BCUT2D eigenvalue weighted by Gasteiger charge is 2.43. The Morgan fingerprint density at radius 3 is 2.42 bits per heavy atom. The summed E-state index contributed by atoms with van der Waals surface area (Å²) in [5.41, 5.74) is 1.63. The van der Waals surface area contributed by atoms with E-state index in [0.29, 0.717) is 42.8 Å². The van der Waals surface area contributed by atoms with Gasteiger partial charge in [-0.1, -0.05) is 0 Å². The highest BCUT2D eigenvalue weighted by molar-refractivity contribution is 5.97. The molecule has 0 saturated carbocycles. The first-order valence-electron chi connectivity index (χ1n) is 11.0. The van der Waals surface area contributed by atoms with E-state index in [-0.39, 0.29) is 41.6 Å². The molecule has 3 aromatic rings. The monoisotopic (exact) mass is 500 g/mol. The maximum atomic E-state index is 12.9. The molecular weight excluding hydrogens is 481 g/mol. The Kier molecular flexibility index (Phi) is 5.87. The number of fused-ring (bicyclic) bond motifs is 2. The predicted octanol–water partition coefficient (Wildman–Crippen LogP) is 2.34. The van der Waals surface area contributed by atoms with Crippen LogP contribution < -0.4 is 9.47 Å². The number of ether oxygens (including phenoxy) is 2. The summed E-state index contributed by atoms with van der Waals surface area (Å²) in [5, 5.41) is 19.7. The lowest BCUT2D eigenvalue weighted by Crippen LogP contribution is -2.37. The Balaban J connectivity index is 1.15. The number of hydrogen-bond acceptors (Lipinski definition) is 7. The van der Waals surface area contributed by atoms with Crippen LogP contribution >= 0.6 is 0 Å². The second kappa shape index (κ2) is 9.03. The van der Waals surface area contributed by atoms with Crippen LogP contribution in [0.15, 0.2) is 36.4 Å². The fraction of sp³-hybridized carbons (Fsp3) is 0.348. The van der Waals surface area contributed by atoms with Gasteiger partial charge in [0.25, 0.3) is 11.8 Å². The summed E-state index contributed by atoms with van der Waals surface area (Å²) in [6.07, 6.45) is -4.89. The number of carbonyl (C=O) groups excluding carboxylic acids is 2. The van der Waals surface area contributed by atoms with E-state index in [2.05, 4.69) is 20.1 Å². The summed E-state index contributed by atoms with van der Waals surface area (Å²) >= 11 is 0. The number of halogens is 3. The van der Waals surface area contributed by atoms with Crippen molar-refractivity contribution in [3.63, 3.8) is 0 Å². The van der Waals surface area contributed by atoms with Crippen LogP contribution in [0.2, 0.25) is 0 Å². The molecule has 36 heavy (non-hydrogen) atoms. The SMILES string of the molecule is N#Cc1cc(OC(F)(F)F)ccc1OCC(=O)N1C[C@H]2CN(C(=O)c3ccc4n[nH]nc4c3)C[C@@H]2C1. The number of carbonyl (C=O) groups is 2. The Labute approximate surface area is 202 Å². The molecule has 1 aromatic heterocycles. The van der Waals surface area contributed by atoms with Gasteiger partial charge in [-0.2, -0.15) is 20.7 Å². The van der Waals surface area contributed by atoms with Crippen LogP contribution in [0.4, 0.5) is 13.2 Å². The third-order valence-corrected chi connectivity index (χ3v) is 6.35. The number of benzene rings is 2. The fourth-order valence-electron chi connectivity index (χ4n) is 4.67. The van der Waals surface area contributed by atoms with Crippen LogP contribution in [0, 0.1) is 23.2 Å². The molecule has 2 aromatic carbocycles. The van der Waals surface area contributed by atoms with E-state index < -0.39 is 12.1 Å². The molecule has 2 aliphatic heterocycles. The zero-order valence-electron chi connectivity index (χ0n) is 18.7. The van der Waals surface area contributed by atoms with Crippen LogP contribution in [0.3, 0.4) is 0 Å². The first-order chi connectivity index (χ1) is 17.2. The van der Waals surface area contributed by atoms with Crippen molar-refractivity contribution < 1.29 is 32.2 Å². The standard InChI is InChI=1S/C23H19F3N6O4/c24-23(25,26)36-17-2-4-20(14(5-17)7-27)35-12-21(33)31-8-15-10-32(11-16(15)9-31)22(34)13-1-3-18-19(6-13)29-30-28-18/h1-6,15-16H,8-12H2,(H,28,29,30)/t15-,16-/m0/s1. The molecule has 13 heteroatoms. The molecule has 2 amide bonds. The third kappa shape index (κ3) is 4.74. The number of nitriles is 1. The molecule has 10 nitrogen and oxygen atoms in total. The average molecular weight is 500 g/mol. The van der Waals surface area contributed by atoms with Gasteiger partial charge in [0, 0.05) is 49.6 Å². The topological polar surface area (TPSA) is 124 Å². The first-order valence-corrected chi connectivity index (χ1v) is 11.0. The number of alkyl halides is 3. The summed E-state index contributed by atoms with van der Waals surface area (Å²) in [5.74, 6) is -0.717. The lowest BCUT2D eigenvalue weighted by molar-refractivity contribution is -0.274. The molecular formula is C23H19F3N6O4. The molecule has 0 spiro atoms. The van der Waals surface area contributed by atoms with Crippen molar-refractivity contribution in [1.29, 1.82) is 5.26 Å². The molecule has 0 aliphatic carbocycles. The summed E-state index contributed by atoms with van der Waals surface area (Å²) in [4.78, 5) is 29.1. The minimum atomic E-state index is -4.89. The van der Waals surface area contributed by atoms with Gasteiger partial charge in [-0.15, -0.1) is 13.2 Å².